The maximum absolute atomic E-state index is 12.2. The van der Waals surface area contributed by atoms with E-state index in [1.165, 1.54) is 0 Å². The lowest BCUT2D eigenvalue weighted by Crippen LogP contribution is -2.41. The van der Waals surface area contributed by atoms with Crippen molar-refractivity contribution in [2.24, 2.45) is 11.7 Å². The smallest absolute Gasteiger partial charge is 0.257 e. The standard InChI is InChI=1S/C10H16F2N4O2S.ClH/c11-10(12)6-16-5-8(4-14-16)19(17,18)15-9(3-13)7-1-2-7;/h4-5,7,9-10,15H,1-3,6,13H2;1H. The van der Waals surface area contributed by atoms with Gasteiger partial charge in [0.2, 0.25) is 10.0 Å². The number of nitrogens with two attached hydrogens (primary N) is 1. The van der Waals surface area contributed by atoms with Crippen molar-refractivity contribution in [3.05, 3.63) is 12.4 Å². The molecule has 1 saturated carbocycles. The summed E-state index contributed by atoms with van der Waals surface area (Å²) < 4.78 is 51.8. The van der Waals surface area contributed by atoms with Gasteiger partial charge in [0.1, 0.15) is 11.4 Å². The molecule has 1 fully saturated rings. The molecule has 2 rings (SSSR count). The van der Waals surface area contributed by atoms with Crippen LogP contribution < -0.4 is 10.5 Å². The van der Waals surface area contributed by atoms with E-state index in [-0.39, 0.29) is 35.8 Å². The van der Waals surface area contributed by atoms with Gasteiger partial charge in [0.25, 0.3) is 6.43 Å². The fraction of sp³-hybridized carbons (Fsp3) is 0.700. The summed E-state index contributed by atoms with van der Waals surface area (Å²) in [6.45, 7) is -0.409. The summed E-state index contributed by atoms with van der Waals surface area (Å²) >= 11 is 0. The first-order valence-electron chi connectivity index (χ1n) is 5.95. The monoisotopic (exact) mass is 330 g/mol. The number of alkyl halides is 2. The molecule has 0 radical (unpaired) electrons. The van der Waals surface area contributed by atoms with Gasteiger partial charge in [-0.05, 0) is 18.8 Å². The Hall–Kier alpha value is -0.770. The Bertz CT molecular complexity index is 533. The number of hydrogen-bond acceptors (Lipinski definition) is 4. The Balaban J connectivity index is 0.00000200. The van der Waals surface area contributed by atoms with Crippen LogP contribution in [0.3, 0.4) is 0 Å². The third-order valence-electron chi connectivity index (χ3n) is 3.00. The van der Waals surface area contributed by atoms with Crippen molar-refractivity contribution < 1.29 is 17.2 Å². The average Bonchev–Trinajstić information content (AvgIpc) is 3.06. The third-order valence-corrected chi connectivity index (χ3v) is 4.44. The van der Waals surface area contributed by atoms with Crippen LogP contribution in [0.4, 0.5) is 8.78 Å². The minimum atomic E-state index is -3.75. The maximum atomic E-state index is 12.2. The van der Waals surface area contributed by atoms with Crippen molar-refractivity contribution in [2.45, 2.75) is 36.7 Å². The summed E-state index contributed by atoms with van der Waals surface area (Å²) in [5, 5.41) is 3.60. The lowest BCUT2D eigenvalue weighted by atomic mass is 10.2. The van der Waals surface area contributed by atoms with Gasteiger partial charge in [-0.3, -0.25) is 4.68 Å². The number of aromatic nitrogens is 2. The molecule has 0 aromatic carbocycles. The Labute approximate surface area is 122 Å². The van der Waals surface area contributed by atoms with Gasteiger partial charge in [0, 0.05) is 18.8 Å². The normalized spacial score (nSPS) is 17.0. The Morgan fingerprint density at radius 1 is 1.50 bits per heavy atom. The van der Waals surface area contributed by atoms with Gasteiger partial charge in [-0.2, -0.15) is 5.10 Å². The van der Waals surface area contributed by atoms with Crippen LogP contribution in [0.2, 0.25) is 0 Å². The molecular weight excluding hydrogens is 314 g/mol. The van der Waals surface area contributed by atoms with E-state index in [2.05, 4.69) is 9.82 Å². The summed E-state index contributed by atoms with van der Waals surface area (Å²) in [4.78, 5) is -0.118. The second-order valence-corrected chi connectivity index (χ2v) is 6.30. The van der Waals surface area contributed by atoms with Crippen molar-refractivity contribution >= 4 is 22.4 Å². The number of nitrogens with zero attached hydrogens (tertiary/aromatic N) is 2. The van der Waals surface area contributed by atoms with E-state index in [0.29, 0.717) is 0 Å². The van der Waals surface area contributed by atoms with Crippen LogP contribution in [0.15, 0.2) is 17.3 Å². The molecule has 10 heteroatoms. The molecular formula is C10H17ClF2N4O2S. The molecule has 1 aromatic rings. The Morgan fingerprint density at radius 2 is 2.15 bits per heavy atom. The molecule has 0 amide bonds. The van der Waals surface area contributed by atoms with E-state index in [9.17, 15) is 17.2 Å². The largest absolute Gasteiger partial charge is 0.329 e. The summed E-state index contributed by atoms with van der Waals surface area (Å²) in [6.07, 6.45) is 1.48. The van der Waals surface area contributed by atoms with Crippen molar-refractivity contribution in [3.8, 4) is 0 Å². The van der Waals surface area contributed by atoms with E-state index in [1.807, 2.05) is 0 Å². The van der Waals surface area contributed by atoms with Crippen molar-refractivity contribution in [3.63, 3.8) is 0 Å². The zero-order chi connectivity index (χ0) is 14.0. The molecule has 3 N–H and O–H groups in total. The number of halogens is 3. The van der Waals surface area contributed by atoms with Crippen LogP contribution >= 0.6 is 12.4 Å². The Kier molecular flexibility index (Phi) is 5.87. The van der Waals surface area contributed by atoms with E-state index in [4.69, 9.17) is 5.73 Å². The topological polar surface area (TPSA) is 90.0 Å². The molecule has 116 valence electrons. The Morgan fingerprint density at radius 3 is 2.65 bits per heavy atom. The molecule has 1 atom stereocenters. The lowest BCUT2D eigenvalue weighted by molar-refractivity contribution is 0.121. The SMILES string of the molecule is Cl.NCC(NS(=O)(=O)c1cnn(CC(F)F)c1)C1CC1. The fourth-order valence-corrected chi connectivity index (χ4v) is 3.10. The number of sulfonamides is 1. The quantitative estimate of drug-likeness (QED) is 0.765. The summed E-state index contributed by atoms with van der Waals surface area (Å²) in [6, 6.07) is -0.302. The minimum Gasteiger partial charge on any atom is -0.329 e. The molecule has 20 heavy (non-hydrogen) atoms. The second-order valence-electron chi connectivity index (χ2n) is 4.59. The summed E-state index contributed by atoms with van der Waals surface area (Å²) in [7, 11) is -3.75. The molecule has 6 nitrogen and oxygen atoms in total. The van der Waals surface area contributed by atoms with Crippen LogP contribution in [0.25, 0.3) is 0 Å². The zero-order valence-corrected chi connectivity index (χ0v) is 12.2. The molecule has 1 heterocycles. The first kappa shape index (κ1) is 17.3. The van der Waals surface area contributed by atoms with Gasteiger partial charge in [0.05, 0.1) is 6.20 Å². The fourth-order valence-electron chi connectivity index (χ4n) is 1.83. The van der Waals surface area contributed by atoms with E-state index < -0.39 is 23.0 Å². The van der Waals surface area contributed by atoms with Crippen LogP contribution in [0.1, 0.15) is 12.8 Å². The predicted molar refractivity (Wildman–Crippen MR) is 71.4 cm³/mol. The van der Waals surface area contributed by atoms with Crippen molar-refractivity contribution in [1.82, 2.24) is 14.5 Å². The third kappa shape index (κ3) is 4.37. The van der Waals surface area contributed by atoms with E-state index in [0.717, 1.165) is 29.9 Å². The van der Waals surface area contributed by atoms with Gasteiger partial charge < -0.3 is 5.73 Å². The summed E-state index contributed by atoms with van der Waals surface area (Å²) in [5.74, 6) is 0.274. The second kappa shape index (κ2) is 6.79. The first-order valence-corrected chi connectivity index (χ1v) is 7.43. The maximum Gasteiger partial charge on any atom is 0.257 e. The molecule has 0 saturated heterocycles. The number of nitrogens with one attached hydrogen (secondary N) is 1. The molecule has 1 aliphatic rings. The first-order chi connectivity index (χ1) is 8.92. The van der Waals surface area contributed by atoms with Gasteiger partial charge in [-0.15, -0.1) is 12.4 Å². The highest BCUT2D eigenvalue weighted by Gasteiger charge is 2.33. The highest BCUT2D eigenvalue weighted by Crippen LogP contribution is 2.32. The van der Waals surface area contributed by atoms with Gasteiger partial charge >= 0.3 is 0 Å². The predicted octanol–water partition coefficient (Wildman–Crippen LogP) is 0.586. The lowest BCUT2D eigenvalue weighted by Gasteiger charge is -2.15. The number of hydrogen-bond donors (Lipinski definition) is 2. The molecule has 0 aliphatic heterocycles. The van der Waals surface area contributed by atoms with Crippen LogP contribution in [0.5, 0.6) is 0 Å². The molecule has 1 aromatic heterocycles. The van der Waals surface area contributed by atoms with Crippen molar-refractivity contribution in [1.29, 1.82) is 0 Å². The molecule has 0 spiro atoms. The summed E-state index contributed by atoms with van der Waals surface area (Å²) in [5.41, 5.74) is 5.52. The molecule has 0 bridgehead atoms. The molecule has 1 unspecified atom stereocenters. The van der Waals surface area contributed by atoms with Crippen LogP contribution in [-0.4, -0.2) is 37.2 Å². The van der Waals surface area contributed by atoms with Gasteiger partial charge in [0.15, 0.2) is 0 Å². The van der Waals surface area contributed by atoms with Gasteiger partial charge in [-0.25, -0.2) is 21.9 Å². The van der Waals surface area contributed by atoms with Crippen molar-refractivity contribution in [2.75, 3.05) is 6.54 Å². The van der Waals surface area contributed by atoms with Crippen LogP contribution in [0, 0.1) is 5.92 Å². The van der Waals surface area contributed by atoms with E-state index >= 15 is 0 Å². The highest BCUT2D eigenvalue weighted by molar-refractivity contribution is 7.89. The van der Waals surface area contributed by atoms with E-state index in [1.54, 1.807) is 0 Å². The number of rotatable bonds is 7. The average molecular weight is 331 g/mol. The highest BCUT2D eigenvalue weighted by atomic mass is 35.5. The van der Waals surface area contributed by atoms with Gasteiger partial charge in [-0.1, -0.05) is 0 Å². The zero-order valence-electron chi connectivity index (χ0n) is 10.6. The molecule has 1 aliphatic carbocycles. The minimum absolute atomic E-state index is 0. The van der Waals surface area contributed by atoms with Crippen LogP contribution in [-0.2, 0) is 16.6 Å².